The van der Waals surface area contributed by atoms with Crippen LogP contribution in [0.2, 0.25) is 0 Å². The summed E-state index contributed by atoms with van der Waals surface area (Å²) in [4.78, 5) is 4.19. The van der Waals surface area contributed by atoms with Gasteiger partial charge in [-0.2, -0.15) is 5.10 Å². The topological polar surface area (TPSA) is 68.8 Å². The van der Waals surface area contributed by atoms with Gasteiger partial charge in [-0.3, -0.25) is 20.9 Å². The number of aromatic nitrogens is 3. The number of rotatable bonds is 6. The summed E-state index contributed by atoms with van der Waals surface area (Å²) in [6.07, 6.45) is 5.33. The predicted octanol–water partition coefficient (Wildman–Crippen LogP) is 2.37. The molecule has 0 aliphatic heterocycles. The van der Waals surface area contributed by atoms with E-state index in [1.807, 2.05) is 16.9 Å². The lowest BCUT2D eigenvalue weighted by Crippen LogP contribution is -2.30. The fourth-order valence-electron chi connectivity index (χ4n) is 2.23. The van der Waals surface area contributed by atoms with Crippen molar-refractivity contribution in [1.29, 1.82) is 0 Å². The van der Waals surface area contributed by atoms with Crippen molar-refractivity contribution in [3.63, 3.8) is 0 Å². The Bertz CT molecular complexity index is 566. The van der Waals surface area contributed by atoms with E-state index in [0.29, 0.717) is 0 Å². The number of aryl methyl sites for hydroxylation is 2. The predicted molar refractivity (Wildman–Crippen MR) is 83.0 cm³/mol. The lowest BCUT2D eigenvalue weighted by Gasteiger charge is -2.16. The molecule has 0 aliphatic rings. The molecule has 0 spiro atoms. The molecule has 6 heteroatoms. The van der Waals surface area contributed by atoms with E-state index in [1.165, 1.54) is 5.69 Å². The molecule has 108 valence electrons. The van der Waals surface area contributed by atoms with Crippen molar-refractivity contribution in [3.05, 3.63) is 46.0 Å². The first-order valence-corrected chi connectivity index (χ1v) is 7.59. The number of halogens is 1. The Morgan fingerprint density at radius 1 is 1.35 bits per heavy atom. The van der Waals surface area contributed by atoms with Crippen LogP contribution in [0.5, 0.6) is 0 Å². The zero-order valence-electron chi connectivity index (χ0n) is 11.8. The van der Waals surface area contributed by atoms with Gasteiger partial charge in [-0.15, -0.1) is 0 Å². The molecule has 2 aromatic rings. The molecule has 0 aromatic carbocycles. The summed E-state index contributed by atoms with van der Waals surface area (Å²) < 4.78 is 2.99. The molecule has 1 unspecified atom stereocenters. The summed E-state index contributed by atoms with van der Waals surface area (Å²) >= 11 is 3.44. The minimum absolute atomic E-state index is 0.0201. The van der Waals surface area contributed by atoms with E-state index < -0.39 is 0 Å². The number of pyridine rings is 1. The average Bonchev–Trinajstić information content (AvgIpc) is 2.87. The number of nitrogens with two attached hydrogens (primary N) is 1. The third-order valence-corrected chi connectivity index (χ3v) is 3.75. The molecule has 20 heavy (non-hydrogen) atoms. The Morgan fingerprint density at radius 2 is 2.15 bits per heavy atom. The maximum Gasteiger partial charge on any atom is 0.0624 e. The van der Waals surface area contributed by atoms with E-state index in [4.69, 9.17) is 5.84 Å². The first-order chi connectivity index (χ1) is 9.67. The van der Waals surface area contributed by atoms with Crippen molar-refractivity contribution >= 4 is 15.9 Å². The van der Waals surface area contributed by atoms with Gasteiger partial charge in [0.25, 0.3) is 0 Å². The summed E-state index contributed by atoms with van der Waals surface area (Å²) in [5.41, 5.74) is 6.23. The molecule has 0 fully saturated rings. The Balaban J connectivity index is 2.24. The van der Waals surface area contributed by atoms with Gasteiger partial charge in [0.1, 0.15) is 0 Å². The van der Waals surface area contributed by atoms with Crippen LogP contribution in [-0.2, 0) is 19.4 Å². The van der Waals surface area contributed by atoms with Gasteiger partial charge in [-0.25, -0.2) is 0 Å². The van der Waals surface area contributed by atoms with Gasteiger partial charge < -0.3 is 0 Å². The summed E-state index contributed by atoms with van der Waals surface area (Å²) in [6, 6.07) is 4.20. The average molecular weight is 338 g/mol. The number of hydrazine groups is 1. The minimum atomic E-state index is 0.0201. The first-order valence-electron chi connectivity index (χ1n) is 6.80. The third-order valence-electron chi connectivity index (χ3n) is 3.32. The third kappa shape index (κ3) is 3.45. The highest BCUT2D eigenvalue weighted by Crippen LogP contribution is 2.21. The van der Waals surface area contributed by atoms with E-state index in [9.17, 15) is 0 Å². The van der Waals surface area contributed by atoms with Crippen LogP contribution in [0.3, 0.4) is 0 Å². The van der Waals surface area contributed by atoms with Crippen LogP contribution in [-0.4, -0.2) is 14.8 Å². The molecule has 0 aliphatic carbocycles. The van der Waals surface area contributed by atoms with Gasteiger partial charge >= 0.3 is 0 Å². The number of nitrogens with zero attached hydrogens (tertiary/aromatic N) is 3. The zero-order valence-corrected chi connectivity index (χ0v) is 13.4. The quantitative estimate of drug-likeness (QED) is 0.627. The Kier molecular flexibility index (Phi) is 5.28. The highest BCUT2D eigenvalue weighted by Gasteiger charge is 2.15. The van der Waals surface area contributed by atoms with Crippen LogP contribution >= 0.6 is 15.9 Å². The second-order valence-corrected chi connectivity index (χ2v) is 5.57. The van der Waals surface area contributed by atoms with E-state index >= 15 is 0 Å². The maximum atomic E-state index is 5.71. The second-order valence-electron chi connectivity index (χ2n) is 4.66. The lowest BCUT2D eigenvalue weighted by molar-refractivity contribution is 0.515. The van der Waals surface area contributed by atoms with Crippen LogP contribution in [0.1, 0.15) is 36.8 Å². The number of hydrogen-bond acceptors (Lipinski definition) is 4. The van der Waals surface area contributed by atoms with Crippen molar-refractivity contribution < 1.29 is 0 Å². The highest BCUT2D eigenvalue weighted by molar-refractivity contribution is 9.10. The van der Waals surface area contributed by atoms with Gasteiger partial charge in [0.15, 0.2) is 0 Å². The largest absolute Gasteiger partial charge is 0.271 e. The standard InChI is InChI=1S/C14H20BrN5/c1-3-12-6-13(20(4-2)19-12)7-14(18-16)10-5-11(15)9-17-8-10/h5-6,8-9,14,18H,3-4,7,16H2,1-2H3. The summed E-state index contributed by atoms with van der Waals surface area (Å²) in [5.74, 6) is 5.71. The van der Waals surface area contributed by atoms with E-state index in [0.717, 1.165) is 35.1 Å². The molecule has 0 saturated carbocycles. The molecule has 2 aromatic heterocycles. The Hall–Kier alpha value is -1.24. The summed E-state index contributed by atoms with van der Waals surface area (Å²) in [5, 5.41) is 4.57. The fourth-order valence-corrected chi connectivity index (χ4v) is 2.61. The van der Waals surface area contributed by atoms with Gasteiger partial charge in [-0.05, 0) is 47.0 Å². The summed E-state index contributed by atoms with van der Waals surface area (Å²) in [6.45, 7) is 5.08. The van der Waals surface area contributed by atoms with Crippen molar-refractivity contribution in [3.8, 4) is 0 Å². The van der Waals surface area contributed by atoms with Gasteiger partial charge in [-0.1, -0.05) is 6.92 Å². The molecule has 3 N–H and O–H groups in total. The zero-order chi connectivity index (χ0) is 14.5. The van der Waals surface area contributed by atoms with Crippen molar-refractivity contribution in [2.45, 2.75) is 39.3 Å². The minimum Gasteiger partial charge on any atom is -0.271 e. The van der Waals surface area contributed by atoms with E-state index in [-0.39, 0.29) is 6.04 Å². The van der Waals surface area contributed by atoms with E-state index in [2.05, 4.69) is 51.4 Å². The summed E-state index contributed by atoms with van der Waals surface area (Å²) in [7, 11) is 0. The monoisotopic (exact) mass is 337 g/mol. The molecular weight excluding hydrogens is 318 g/mol. The molecular formula is C14H20BrN5. The van der Waals surface area contributed by atoms with Gasteiger partial charge in [0.2, 0.25) is 0 Å². The lowest BCUT2D eigenvalue weighted by atomic mass is 10.0. The molecule has 0 radical (unpaired) electrons. The molecule has 2 rings (SSSR count). The van der Waals surface area contributed by atoms with Crippen LogP contribution < -0.4 is 11.3 Å². The maximum absolute atomic E-state index is 5.71. The fraction of sp³-hybridized carbons (Fsp3) is 0.429. The molecule has 2 heterocycles. The molecule has 5 nitrogen and oxygen atoms in total. The smallest absolute Gasteiger partial charge is 0.0624 e. The van der Waals surface area contributed by atoms with Crippen molar-refractivity contribution in [1.82, 2.24) is 20.2 Å². The molecule has 0 amide bonds. The molecule has 0 bridgehead atoms. The van der Waals surface area contributed by atoms with Crippen molar-refractivity contribution in [2.24, 2.45) is 5.84 Å². The number of nitrogens with one attached hydrogen (secondary N) is 1. The first kappa shape index (κ1) is 15.2. The number of hydrogen-bond donors (Lipinski definition) is 2. The highest BCUT2D eigenvalue weighted by atomic mass is 79.9. The second kappa shape index (κ2) is 6.97. The van der Waals surface area contributed by atoms with Gasteiger partial charge in [0, 0.05) is 35.5 Å². The van der Waals surface area contributed by atoms with Gasteiger partial charge in [0.05, 0.1) is 11.7 Å². The Morgan fingerprint density at radius 3 is 2.75 bits per heavy atom. The normalized spacial score (nSPS) is 12.6. The van der Waals surface area contributed by atoms with Crippen LogP contribution in [0.25, 0.3) is 0 Å². The van der Waals surface area contributed by atoms with Crippen LogP contribution in [0.15, 0.2) is 29.0 Å². The molecule has 0 saturated heterocycles. The SMILES string of the molecule is CCc1cc(CC(NN)c2cncc(Br)c2)n(CC)n1. The van der Waals surface area contributed by atoms with Crippen LogP contribution in [0.4, 0.5) is 0 Å². The van der Waals surface area contributed by atoms with Crippen LogP contribution in [0, 0.1) is 0 Å². The van der Waals surface area contributed by atoms with Crippen molar-refractivity contribution in [2.75, 3.05) is 0 Å². The molecule has 1 atom stereocenters. The van der Waals surface area contributed by atoms with E-state index in [1.54, 1.807) is 6.20 Å². The Labute approximate surface area is 127 Å².